The first-order valence-electron chi connectivity index (χ1n) is 13.9. The van der Waals surface area contributed by atoms with E-state index >= 15 is 0 Å². The fourth-order valence-corrected chi connectivity index (χ4v) is 9.49. The minimum absolute atomic E-state index is 0.0338. The molecule has 0 saturated heterocycles. The first kappa shape index (κ1) is 25.3. The van der Waals surface area contributed by atoms with E-state index in [2.05, 4.69) is 54.5 Å². The molecule has 4 aliphatic rings. The summed E-state index contributed by atoms with van der Waals surface area (Å²) in [6.07, 6.45) is 12.8. The average molecular weight is 459 g/mol. The van der Waals surface area contributed by atoms with E-state index in [0.717, 1.165) is 44.9 Å². The lowest BCUT2D eigenvalue weighted by Gasteiger charge is -2.69. The molecular weight excluding hydrogens is 408 g/mol. The second-order valence-electron chi connectivity index (χ2n) is 14.1. The molecule has 0 aromatic carbocycles. The summed E-state index contributed by atoms with van der Waals surface area (Å²) in [6.45, 7) is 16.9. The van der Waals surface area contributed by atoms with Gasteiger partial charge in [0.25, 0.3) is 0 Å². The molecule has 0 amide bonds. The van der Waals surface area contributed by atoms with Crippen LogP contribution in [0.4, 0.5) is 0 Å². The fourth-order valence-electron chi connectivity index (χ4n) is 9.49. The van der Waals surface area contributed by atoms with Gasteiger partial charge in [0, 0.05) is 0 Å². The first-order chi connectivity index (χ1) is 15.3. The van der Waals surface area contributed by atoms with Crippen LogP contribution in [0.1, 0.15) is 113 Å². The van der Waals surface area contributed by atoms with Gasteiger partial charge >= 0.3 is 5.97 Å². The Morgan fingerprint density at radius 2 is 1.58 bits per heavy atom. The number of fused-ring (bicyclic) bond motifs is 5. The predicted molar refractivity (Wildman–Crippen MR) is 135 cm³/mol. The molecule has 2 N–H and O–H groups in total. The number of hydrogen-bond donors (Lipinski definition) is 2. The molecule has 0 aromatic heterocycles. The zero-order valence-electron chi connectivity index (χ0n) is 22.4. The molecule has 3 fully saturated rings. The molecule has 1 unspecified atom stereocenters. The number of aliphatic hydroxyl groups excluding tert-OH is 1. The highest BCUT2D eigenvalue weighted by molar-refractivity contribution is 5.69. The van der Waals surface area contributed by atoms with Crippen LogP contribution in [0.15, 0.2) is 11.6 Å². The van der Waals surface area contributed by atoms with Crippen LogP contribution in [-0.2, 0) is 4.79 Å². The number of carboxylic acids is 1. The van der Waals surface area contributed by atoms with Crippen molar-refractivity contribution >= 4 is 5.97 Å². The minimum Gasteiger partial charge on any atom is -0.481 e. The van der Waals surface area contributed by atoms with Crippen molar-refractivity contribution in [3.05, 3.63) is 11.6 Å². The van der Waals surface area contributed by atoms with Gasteiger partial charge in [-0.2, -0.15) is 0 Å². The quantitative estimate of drug-likeness (QED) is 0.400. The Morgan fingerprint density at radius 1 is 0.879 bits per heavy atom. The summed E-state index contributed by atoms with van der Waals surface area (Å²) in [5, 5.41) is 20.9. The van der Waals surface area contributed by atoms with E-state index in [1.54, 1.807) is 5.57 Å². The number of aliphatic hydroxyl groups is 1. The van der Waals surface area contributed by atoms with Crippen LogP contribution in [0.2, 0.25) is 0 Å². The lowest BCUT2D eigenvalue weighted by Crippen LogP contribution is -2.62. The summed E-state index contributed by atoms with van der Waals surface area (Å²) >= 11 is 0. The molecular formula is C30H50O3. The SMILES string of the molecule is C[C@@H]1CC[C@H](C(=O)O)CC[C@]2(C)C(=CC[C@@H]3[C@@]4(C)CC[C@H](O)C(C)(C)C4CC[C@]32C)C[C@H]1C. The van der Waals surface area contributed by atoms with E-state index in [0.29, 0.717) is 23.7 Å². The molecule has 0 spiro atoms. The molecule has 0 aromatic rings. The number of allylic oxidation sites excluding steroid dienone is 2. The van der Waals surface area contributed by atoms with Crippen LogP contribution >= 0.6 is 0 Å². The van der Waals surface area contributed by atoms with Crippen LogP contribution in [-0.4, -0.2) is 22.3 Å². The van der Waals surface area contributed by atoms with Gasteiger partial charge in [0.1, 0.15) is 0 Å². The lowest BCUT2D eigenvalue weighted by molar-refractivity contribution is -0.196. The minimum atomic E-state index is -0.597. The van der Waals surface area contributed by atoms with E-state index < -0.39 is 5.97 Å². The van der Waals surface area contributed by atoms with Crippen molar-refractivity contribution in [2.24, 2.45) is 51.2 Å². The molecule has 0 bridgehead atoms. The van der Waals surface area contributed by atoms with Gasteiger partial charge in [-0.25, -0.2) is 0 Å². The first-order valence-corrected chi connectivity index (χ1v) is 13.9. The Labute approximate surface area is 202 Å². The average Bonchev–Trinajstić information content (AvgIpc) is 2.73. The van der Waals surface area contributed by atoms with Crippen molar-refractivity contribution in [3.63, 3.8) is 0 Å². The van der Waals surface area contributed by atoms with Crippen LogP contribution in [0.25, 0.3) is 0 Å². The molecule has 33 heavy (non-hydrogen) atoms. The molecule has 3 saturated carbocycles. The Morgan fingerprint density at radius 3 is 2.24 bits per heavy atom. The smallest absolute Gasteiger partial charge is 0.306 e. The highest BCUT2D eigenvalue weighted by Crippen LogP contribution is 2.72. The lowest BCUT2D eigenvalue weighted by atomic mass is 9.36. The van der Waals surface area contributed by atoms with Crippen LogP contribution in [0.5, 0.6) is 0 Å². The van der Waals surface area contributed by atoms with Crippen molar-refractivity contribution in [2.45, 2.75) is 119 Å². The van der Waals surface area contributed by atoms with Gasteiger partial charge in [-0.3, -0.25) is 4.79 Å². The van der Waals surface area contributed by atoms with Crippen LogP contribution in [0, 0.1) is 51.2 Å². The monoisotopic (exact) mass is 458 g/mol. The molecule has 4 rings (SSSR count). The largest absolute Gasteiger partial charge is 0.481 e. The summed E-state index contributed by atoms with van der Waals surface area (Å²) in [6, 6.07) is 0. The maximum atomic E-state index is 12.1. The number of carbonyl (C=O) groups is 1. The molecule has 9 atom stereocenters. The highest BCUT2D eigenvalue weighted by atomic mass is 16.4. The van der Waals surface area contributed by atoms with Crippen LogP contribution < -0.4 is 0 Å². The molecule has 3 heteroatoms. The number of hydrogen-bond acceptors (Lipinski definition) is 2. The molecule has 0 heterocycles. The Kier molecular flexibility index (Phi) is 6.42. The number of rotatable bonds is 1. The van der Waals surface area contributed by atoms with Gasteiger partial charge in [0.05, 0.1) is 12.0 Å². The zero-order valence-corrected chi connectivity index (χ0v) is 22.4. The second-order valence-corrected chi connectivity index (χ2v) is 14.1. The van der Waals surface area contributed by atoms with E-state index in [1.807, 2.05) is 0 Å². The molecule has 188 valence electrons. The normalized spacial score (nSPS) is 50.2. The van der Waals surface area contributed by atoms with Crippen LogP contribution in [0.3, 0.4) is 0 Å². The molecule has 0 radical (unpaired) electrons. The summed E-state index contributed by atoms with van der Waals surface area (Å²) in [5.74, 6) is 1.50. The highest BCUT2D eigenvalue weighted by Gasteiger charge is 2.65. The standard InChI is InChI=1S/C30H50O3/c1-19-8-9-21(26(32)33)12-16-29(6)22(18-20(19)2)10-11-24-28(5)15-14-25(31)27(3,4)23(28)13-17-30(24,29)7/h10,19-21,23-25,31H,8-9,11-18H2,1-7H3,(H,32,33)/t19-,20-,21+,23?,24-,25+,28+,29-,30-/m1/s1. The summed E-state index contributed by atoms with van der Waals surface area (Å²) < 4.78 is 0. The Bertz CT molecular complexity index is 798. The van der Waals surface area contributed by atoms with E-state index in [1.165, 1.54) is 19.3 Å². The Balaban J connectivity index is 1.76. The van der Waals surface area contributed by atoms with Crippen molar-refractivity contribution in [1.82, 2.24) is 0 Å². The third-order valence-electron chi connectivity index (χ3n) is 12.4. The van der Waals surface area contributed by atoms with Gasteiger partial charge in [0.2, 0.25) is 0 Å². The van der Waals surface area contributed by atoms with Gasteiger partial charge in [0.15, 0.2) is 0 Å². The topological polar surface area (TPSA) is 57.5 Å². The maximum absolute atomic E-state index is 12.1. The number of aliphatic carboxylic acids is 1. The second kappa shape index (κ2) is 8.38. The van der Waals surface area contributed by atoms with Crippen molar-refractivity contribution in [3.8, 4) is 0 Å². The zero-order chi connectivity index (χ0) is 24.4. The maximum Gasteiger partial charge on any atom is 0.306 e. The van der Waals surface area contributed by atoms with E-state index in [-0.39, 0.29) is 33.7 Å². The summed E-state index contributed by atoms with van der Waals surface area (Å²) in [4.78, 5) is 12.1. The van der Waals surface area contributed by atoms with Crippen molar-refractivity contribution in [1.29, 1.82) is 0 Å². The summed E-state index contributed by atoms with van der Waals surface area (Å²) in [7, 11) is 0. The molecule has 3 nitrogen and oxygen atoms in total. The number of carboxylic acid groups (broad SMARTS) is 1. The predicted octanol–water partition coefficient (Wildman–Crippen LogP) is 7.48. The Hall–Kier alpha value is -0.830. The van der Waals surface area contributed by atoms with E-state index in [9.17, 15) is 15.0 Å². The third-order valence-corrected chi connectivity index (χ3v) is 12.4. The molecule has 4 aliphatic carbocycles. The van der Waals surface area contributed by atoms with Gasteiger partial charge in [-0.15, -0.1) is 0 Å². The van der Waals surface area contributed by atoms with Gasteiger partial charge in [-0.1, -0.05) is 60.1 Å². The van der Waals surface area contributed by atoms with Crippen molar-refractivity contribution in [2.75, 3.05) is 0 Å². The summed E-state index contributed by atoms with van der Waals surface area (Å²) in [5.41, 5.74) is 2.08. The van der Waals surface area contributed by atoms with E-state index in [4.69, 9.17) is 0 Å². The molecule has 0 aliphatic heterocycles. The third kappa shape index (κ3) is 3.74. The fraction of sp³-hybridized carbons (Fsp3) is 0.900. The van der Waals surface area contributed by atoms with Gasteiger partial charge < -0.3 is 10.2 Å². The van der Waals surface area contributed by atoms with Gasteiger partial charge in [-0.05, 0) is 110 Å². The van der Waals surface area contributed by atoms with Crippen molar-refractivity contribution < 1.29 is 15.0 Å².